The van der Waals surface area contributed by atoms with Crippen LogP contribution in [-0.4, -0.2) is 20.8 Å². The van der Waals surface area contributed by atoms with Crippen LogP contribution in [0.5, 0.6) is 5.75 Å². The minimum Gasteiger partial charge on any atom is -0.543 e. The highest BCUT2D eigenvalue weighted by Crippen LogP contribution is 2.44. The maximum Gasteiger partial charge on any atom is 0.250 e. The molecule has 0 saturated heterocycles. The summed E-state index contributed by atoms with van der Waals surface area (Å²) in [5.74, 6) is 1.04. The van der Waals surface area contributed by atoms with Gasteiger partial charge in [-0.05, 0) is 41.9 Å². The van der Waals surface area contributed by atoms with Gasteiger partial charge in [0.1, 0.15) is 5.75 Å². The summed E-state index contributed by atoms with van der Waals surface area (Å²) in [6.07, 6.45) is 0. The Morgan fingerprint density at radius 3 is 2.36 bits per heavy atom. The Bertz CT molecular complexity index is 600. The molecule has 1 aromatic rings. The van der Waals surface area contributed by atoms with Crippen LogP contribution in [-0.2, 0) is 10.2 Å². The summed E-state index contributed by atoms with van der Waals surface area (Å²) in [6, 6.07) is 6.18. The number of carbonyl (C=O) groups excluding carboxylic acids is 1. The van der Waals surface area contributed by atoms with Crippen LogP contribution in [0.4, 0.5) is 5.69 Å². The smallest absolute Gasteiger partial charge is 0.250 e. The van der Waals surface area contributed by atoms with E-state index in [2.05, 4.69) is 53.8 Å². The number of hydrogen-bond donors (Lipinski definition) is 0. The van der Waals surface area contributed by atoms with Gasteiger partial charge >= 0.3 is 0 Å². The lowest BCUT2D eigenvalue weighted by Crippen LogP contribution is -2.43. The topological polar surface area (TPSA) is 29.5 Å². The summed E-state index contributed by atoms with van der Waals surface area (Å²) in [6.45, 7) is 18.0. The summed E-state index contributed by atoms with van der Waals surface area (Å²) in [5.41, 5.74) is 2.20. The first-order valence-electron chi connectivity index (χ1n) is 7.97. The highest BCUT2D eigenvalue weighted by Gasteiger charge is 2.40. The van der Waals surface area contributed by atoms with E-state index in [1.807, 2.05) is 17.0 Å². The normalized spacial score (nSPS) is 17.4. The van der Waals surface area contributed by atoms with Gasteiger partial charge in [0.25, 0.3) is 0 Å². The molecule has 2 rings (SSSR count). The van der Waals surface area contributed by atoms with Crippen molar-refractivity contribution in [2.75, 3.05) is 11.4 Å². The van der Waals surface area contributed by atoms with Crippen molar-refractivity contribution in [1.82, 2.24) is 0 Å². The van der Waals surface area contributed by atoms with E-state index in [4.69, 9.17) is 4.43 Å². The molecule has 1 aliphatic rings. The number of nitrogens with zero attached hydrogens (tertiary/aromatic N) is 1. The number of fused-ring (bicyclic) bond motifs is 1. The third-order valence-electron chi connectivity index (χ3n) is 5.10. The zero-order valence-corrected chi connectivity index (χ0v) is 16.2. The Morgan fingerprint density at radius 2 is 1.86 bits per heavy atom. The van der Waals surface area contributed by atoms with E-state index in [0.717, 1.165) is 18.0 Å². The summed E-state index contributed by atoms with van der Waals surface area (Å²) < 4.78 is 6.42. The Morgan fingerprint density at radius 1 is 1.27 bits per heavy atom. The Kier molecular flexibility index (Phi) is 3.97. The Labute approximate surface area is 135 Å². The predicted molar refractivity (Wildman–Crippen MR) is 95.3 cm³/mol. The molecule has 1 aliphatic heterocycles. The number of benzene rings is 1. The second kappa shape index (κ2) is 5.12. The molecule has 1 aromatic carbocycles. The maximum atomic E-state index is 11.8. The van der Waals surface area contributed by atoms with E-state index in [1.54, 1.807) is 6.92 Å². The molecule has 0 aromatic heterocycles. The molecule has 3 nitrogen and oxygen atoms in total. The van der Waals surface area contributed by atoms with Crippen LogP contribution in [0.1, 0.15) is 47.1 Å². The quantitative estimate of drug-likeness (QED) is 0.739. The lowest BCUT2D eigenvalue weighted by atomic mass is 9.87. The van der Waals surface area contributed by atoms with Crippen LogP contribution >= 0.6 is 0 Å². The third kappa shape index (κ3) is 2.93. The molecule has 0 fully saturated rings. The summed E-state index contributed by atoms with van der Waals surface area (Å²) in [7, 11) is -1.84. The molecule has 0 unspecified atom stereocenters. The highest BCUT2D eigenvalue weighted by atomic mass is 28.4. The predicted octanol–water partition coefficient (Wildman–Crippen LogP) is 4.71. The molecule has 122 valence electrons. The van der Waals surface area contributed by atoms with Gasteiger partial charge in [-0.25, -0.2) is 0 Å². The first-order valence-corrected chi connectivity index (χ1v) is 10.9. The molecule has 0 bridgehead atoms. The van der Waals surface area contributed by atoms with E-state index in [9.17, 15) is 4.79 Å². The van der Waals surface area contributed by atoms with Crippen LogP contribution in [0, 0.1) is 0 Å². The SMILES string of the molecule is CC(=O)N1CC(C)(C)c2cc(O[Si](C)(C)C(C)(C)C)ccc21. The molecule has 0 N–H and O–H groups in total. The molecular weight excluding hydrogens is 290 g/mol. The zero-order chi connectivity index (χ0) is 16.9. The first kappa shape index (κ1) is 17.1. The number of hydrogen-bond acceptors (Lipinski definition) is 2. The van der Waals surface area contributed by atoms with Crippen LogP contribution in [0.2, 0.25) is 18.1 Å². The van der Waals surface area contributed by atoms with Gasteiger partial charge in [0, 0.05) is 24.6 Å². The molecule has 4 heteroatoms. The minimum atomic E-state index is -1.84. The Balaban J connectivity index is 2.39. The van der Waals surface area contributed by atoms with Gasteiger partial charge < -0.3 is 9.33 Å². The lowest BCUT2D eigenvalue weighted by Gasteiger charge is -2.36. The molecule has 0 saturated carbocycles. The van der Waals surface area contributed by atoms with Crippen LogP contribution in [0.3, 0.4) is 0 Å². The first-order chi connectivity index (χ1) is 9.85. The van der Waals surface area contributed by atoms with E-state index < -0.39 is 8.32 Å². The van der Waals surface area contributed by atoms with Crippen molar-refractivity contribution < 1.29 is 9.22 Å². The fourth-order valence-electron chi connectivity index (χ4n) is 2.65. The van der Waals surface area contributed by atoms with Crippen molar-refractivity contribution in [3.63, 3.8) is 0 Å². The number of anilines is 1. The summed E-state index contributed by atoms with van der Waals surface area (Å²) in [4.78, 5) is 13.7. The van der Waals surface area contributed by atoms with Gasteiger partial charge in [-0.15, -0.1) is 0 Å². The van der Waals surface area contributed by atoms with Crippen molar-refractivity contribution >= 4 is 19.9 Å². The average Bonchev–Trinajstić information content (AvgIpc) is 2.60. The van der Waals surface area contributed by atoms with Gasteiger partial charge in [-0.2, -0.15) is 0 Å². The van der Waals surface area contributed by atoms with Gasteiger partial charge in [0.05, 0.1) is 0 Å². The van der Waals surface area contributed by atoms with Crippen molar-refractivity contribution in [2.24, 2.45) is 0 Å². The maximum absolute atomic E-state index is 11.8. The number of carbonyl (C=O) groups is 1. The third-order valence-corrected chi connectivity index (χ3v) is 9.46. The molecule has 0 radical (unpaired) electrons. The largest absolute Gasteiger partial charge is 0.543 e. The van der Waals surface area contributed by atoms with Crippen LogP contribution in [0.25, 0.3) is 0 Å². The molecule has 1 heterocycles. The zero-order valence-electron chi connectivity index (χ0n) is 15.2. The fraction of sp³-hybridized carbons (Fsp3) is 0.611. The Hall–Kier alpha value is -1.29. The van der Waals surface area contributed by atoms with Crippen molar-refractivity contribution in [3.05, 3.63) is 23.8 Å². The van der Waals surface area contributed by atoms with E-state index >= 15 is 0 Å². The van der Waals surface area contributed by atoms with Crippen LogP contribution in [0.15, 0.2) is 18.2 Å². The fourth-order valence-corrected chi connectivity index (χ4v) is 3.67. The van der Waals surface area contributed by atoms with E-state index in [1.165, 1.54) is 5.56 Å². The second-order valence-corrected chi connectivity index (χ2v) is 13.3. The van der Waals surface area contributed by atoms with Gasteiger partial charge in [0.15, 0.2) is 0 Å². The molecular formula is C18H29NO2Si. The highest BCUT2D eigenvalue weighted by molar-refractivity contribution is 6.74. The van der Waals surface area contributed by atoms with Crippen molar-refractivity contribution in [1.29, 1.82) is 0 Å². The summed E-state index contributed by atoms with van der Waals surface area (Å²) in [5, 5.41) is 0.174. The van der Waals surface area contributed by atoms with Gasteiger partial charge in [-0.3, -0.25) is 4.79 Å². The number of amides is 1. The van der Waals surface area contributed by atoms with Crippen LogP contribution < -0.4 is 9.33 Å². The van der Waals surface area contributed by atoms with E-state index in [-0.39, 0.29) is 16.4 Å². The molecule has 22 heavy (non-hydrogen) atoms. The van der Waals surface area contributed by atoms with Crippen molar-refractivity contribution in [3.8, 4) is 5.75 Å². The summed E-state index contributed by atoms with van der Waals surface area (Å²) >= 11 is 0. The van der Waals surface area contributed by atoms with Crippen molar-refractivity contribution in [2.45, 2.75) is 65.1 Å². The molecule has 0 spiro atoms. The van der Waals surface area contributed by atoms with E-state index in [0.29, 0.717) is 0 Å². The average molecular weight is 320 g/mol. The molecule has 1 amide bonds. The number of rotatable bonds is 2. The molecule has 0 atom stereocenters. The second-order valence-electron chi connectivity index (χ2n) is 8.53. The molecule has 0 aliphatic carbocycles. The van der Waals surface area contributed by atoms with Gasteiger partial charge in [-0.1, -0.05) is 34.6 Å². The monoisotopic (exact) mass is 319 g/mol. The lowest BCUT2D eigenvalue weighted by molar-refractivity contribution is -0.116. The van der Waals surface area contributed by atoms with Gasteiger partial charge in [0.2, 0.25) is 14.2 Å². The standard InChI is InChI=1S/C18H29NO2Si/c1-13(20)19-12-18(5,6)15-11-14(9-10-16(15)19)21-22(7,8)17(2,3)4/h9-11H,12H2,1-8H3. The minimum absolute atomic E-state index is 0.0339.